The van der Waals surface area contributed by atoms with Crippen LogP contribution in [0.15, 0.2) is 53.5 Å². The molecule has 1 saturated heterocycles. The summed E-state index contributed by atoms with van der Waals surface area (Å²) in [5.41, 5.74) is 2.31. The van der Waals surface area contributed by atoms with Crippen molar-refractivity contribution in [2.45, 2.75) is 13.1 Å². The van der Waals surface area contributed by atoms with Gasteiger partial charge in [-0.05, 0) is 35.4 Å². The van der Waals surface area contributed by atoms with Crippen molar-refractivity contribution in [2.24, 2.45) is 4.99 Å². The normalized spacial score (nSPS) is 14.9. The lowest BCUT2D eigenvalue weighted by molar-refractivity contribution is 0.0322. The molecular weight excluding hydrogens is 380 g/mol. The van der Waals surface area contributed by atoms with Crippen LogP contribution in [0.25, 0.3) is 0 Å². The van der Waals surface area contributed by atoms with Crippen molar-refractivity contribution in [3.05, 3.63) is 59.7 Å². The molecule has 0 saturated carbocycles. The molecule has 0 atom stereocenters. The number of ether oxygens (including phenoxy) is 3. The molecular formula is C23H32N4O3. The molecule has 7 heteroatoms. The summed E-state index contributed by atoms with van der Waals surface area (Å²) in [6, 6.07) is 16.2. The van der Waals surface area contributed by atoms with Crippen molar-refractivity contribution >= 4 is 5.96 Å². The fourth-order valence-corrected chi connectivity index (χ4v) is 3.20. The monoisotopic (exact) mass is 412 g/mol. The van der Waals surface area contributed by atoms with Crippen LogP contribution < -0.4 is 20.1 Å². The Labute approximate surface area is 179 Å². The predicted molar refractivity (Wildman–Crippen MR) is 119 cm³/mol. The molecule has 1 aliphatic heterocycles. The molecule has 1 aliphatic rings. The van der Waals surface area contributed by atoms with Crippen LogP contribution in [0.2, 0.25) is 0 Å². The van der Waals surface area contributed by atoms with E-state index in [4.69, 9.17) is 14.2 Å². The van der Waals surface area contributed by atoms with E-state index in [2.05, 4.69) is 32.7 Å². The molecule has 30 heavy (non-hydrogen) atoms. The molecule has 1 heterocycles. The van der Waals surface area contributed by atoms with Crippen LogP contribution in [0.4, 0.5) is 0 Å². The average Bonchev–Trinajstić information content (AvgIpc) is 2.80. The molecule has 0 aromatic heterocycles. The van der Waals surface area contributed by atoms with E-state index >= 15 is 0 Å². The first kappa shape index (κ1) is 21.9. The number of nitrogens with zero attached hydrogens (tertiary/aromatic N) is 2. The molecule has 162 valence electrons. The van der Waals surface area contributed by atoms with Gasteiger partial charge in [0, 0.05) is 39.8 Å². The van der Waals surface area contributed by atoms with Gasteiger partial charge in [0.15, 0.2) is 5.96 Å². The van der Waals surface area contributed by atoms with Gasteiger partial charge in [0.2, 0.25) is 0 Å². The molecule has 0 bridgehead atoms. The molecule has 2 aromatic rings. The van der Waals surface area contributed by atoms with E-state index in [0.29, 0.717) is 19.7 Å². The highest BCUT2D eigenvalue weighted by Crippen LogP contribution is 2.14. The van der Waals surface area contributed by atoms with Crippen molar-refractivity contribution in [2.75, 3.05) is 53.6 Å². The molecule has 2 aromatic carbocycles. The second kappa shape index (κ2) is 12.0. The smallest absolute Gasteiger partial charge is 0.191 e. The Balaban J connectivity index is 1.41. The van der Waals surface area contributed by atoms with Gasteiger partial charge in [0.05, 0.1) is 20.3 Å². The predicted octanol–water partition coefficient (Wildman–Crippen LogP) is 2.27. The van der Waals surface area contributed by atoms with E-state index in [0.717, 1.165) is 61.4 Å². The van der Waals surface area contributed by atoms with Crippen molar-refractivity contribution in [1.29, 1.82) is 0 Å². The maximum Gasteiger partial charge on any atom is 0.191 e. The number of rotatable bonds is 9. The molecule has 0 aliphatic carbocycles. The van der Waals surface area contributed by atoms with Gasteiger partial charge in [0.25, 0.3) is 0 Å². The van der Waals surface area contributed by atoms with Gasteiger partial charge in [-0.1, -0.05) is 24.3 Å². The summed E-state index contributed by atoms with van der Waals surface area (Å²) in [6.07, 6.45) is 0. The Bertz CT molecular complexity index is 789. The topological polar surface area (TPSA) is 67.4 Å². The molecule has 7 nitrogen and oxygen atoms in total. The number of methoxy groups -OCH3 is 1. The van der Waals surface area contributed by atoms with Crippen molar-refractivity contribution in [1.82, 2.24) is 15.5 Å². The van der Waals surface area contributed by atoms with Crippen molar-refractivity contribution in [3.63, 3.8) is 0 Å². The fraction of sp³-hybridized carbons (Fsp3) is 0.435. The van der Waals surface area contributed by atoms with Crippen LogP contribution in [0.5, 0.6) is 11.5 Å². The van der Waals surface area contributed by atoms with Crippen molar-refractivity contribution in [3.8, 4) is 11.5 Å². The van der Waals surface area contributed by atoms with Gasteiger partial charge in [-0.25, -0.2) is 0 Å². The van der Waals surface area contributed by atoms with E-state index < -0.39 is 0 Å². The van der Waals surface area contributed by atoms with Crippen LogP contribution in [0, 0.1) is 0 Å². The summed E-state index contributed by atoms with van der Waals surface area (Å²) < 4.78 is 16.5. The van der Waals surface area contributed by atoms with Gasteiger partial charge in [-0.3, -0.25) is 9.89 Å². The van der Waals surface area contributed by atoms with Crippen LogP contribution in [-0.2, 0) is 17.8 Å². The standard InChI is InChI=1S/C23H32N4O3/c1-24-23(25-17-19-6-8-21(28-2)9-7-19)26-18-20-4-3-5-22(16-20)30-15-12-27-10-13-29-14-11-27/h3-9,16H,10-15,17-18H2,1-2H3,(H2,24,25,26). The SMILES string of the molecule is CN=C(NCc1ccc(OC)cc1)NCc1cccc(OCCN2CCOCC2)c1. The van der Waals surface area contributed by atoms with E-state index in [1.54, 1.807) is 14.2 Å². The van der Waals surface area contributed by atoms with Crippen LogP contribution >= 0.6 is 0 Å². The lowest BCUT2D eigenvalue weighted by atomic mass is 10.2. The Morgan fingerprint density at radius 3 is 2.43 bits per heavy atom. The minimum Gasteiger partial charge on any atom is -0.497 e. The van der Waals surface area contributed by atoms with Gasteiger partial charge >= 0.3 is 0 Å². The van der Waals surface area contributed by atoms with Gasteiger partial charge in [-0.15, -0.1) is 0 Å². The Morgan fingerprint density at radius 1 is 1.00 bits per heavy atom. The largest absolute Gasteiger partial charge is 0.497 e. The first-order chi connectivity index (χ1) is 14.8. The zero-order chi connectivity index (χ0) is 21.0. The number of guanidine groups is 1. The summed E-state index contributed by atoms with van der Waals surface area (Å²) in [4.78, 5) is 6.67. The Hall–Kier alpha value is -2.77. The summed E-state index contributed by atoms with van der Waals surface area (Å²) in [6.45, 7) is 6.56. The molecule has 1 fully saturated rings. The summed E-state index contributed by atoms with van der Waals surface area (Å²) in [7, 11) is 3.44. The molecule has 0 radical (unpaired) electrons. The summed E-state index contributed by atoms with van der Waals surface area (Å²) in [5.74, 6) is 2.50. The first-order valence-electron chi connectivity index (χ1n) is 10.4. The van der Waals surface area contributed by atoms with Crippen LogP contribution in [0.1, 0.15) is 11.1 Å². The second-order valence-electron chi connectivity index (χ2n) is 7.08. The third kappa shape index (κ3) is 7.24. The van der Waals surface area contributed by atoms with Crippen LogP contribution in [0.3, 0.4) is 0 Å². The molecule has 2 N–H and O–H groups in total. The maximum absolute atomic E-state index is 5.94. The van der Waals surface area contributed by atoms with Gasteiger partial charge in [0.1, 0.15) is 18.1 Å². The highest BCUT2D eigenvalue weighted by molar-refractivity contribution is 5.79. The third-order valence-electron chi connectivity index (χ3n) is 4.98. The van der Waals surface area contributed by atoms with Gasteiger partial charge < -0.3 is 24.8 Å². The second-order valence-corrected chi connectivity index (χ2v) is 7.08. The quantitative estimate of drug-likeness (QED) is 0.487. The lowest BCUT2D eigenvalue weighted by Crippen LogP contribution is -2.38. The number of aliphatic imine (C=N–C) groups is 1. The number of hydrogen-bond donors (Lipinski definition) is 2. The van der Waals surface area contributed by atoms with Crippen LogP contribution in [-0.4, -0.2) is 64.5 Å². The average molecular weight is 413 g/mol. The minimum absolute atomic E-state index is 0.670. The fourth-order valence-electron chi connectivity index (χ4n) is 3.20. The van der Waals surface area contributed by atoms with E-state index in [-0.39, 0.29) is 0 Å². The Kier molecular flexibility index (Phi) is 8.80. The maximum atomic E-state index is 5.94. The molecule has 0 spiro atoms. The molecule has 3 rings (SSSR count). The third-order valence-corrected chi connectivity index (χ3v) is 4.98. The van der Waals surface area contributed by atoms with E-state index in [1.807, 2.05) is 36.4 Å². The molecule has 0 amide bonds. The Morgan fingerprint density at radius 2 is 1.73 bits per heavy atom. The number of benzene rings is 2. The zero-order valence-corrected chi connectivity index (χ0v) is 17.9. The highest BCUT2D eigenvalue weighted by Gasteiger charge is 2.09. The lowest BCUT2D eigenvalue weighted by Gasteiger charge is -2.26. The summed E-state index contributed by atoms with van der Waals surface area (Å²) in [5, 5.41) is 6.68. The van der Waals surface area contributed by atoms with E-state index in [9.17, 15) is 0 Å². The highest BCUT2D eigenvalue weighted by atomic mass is 16.5. The van der Waals surface area contributed by atoms with E-state index in [1.165, 1.54) is 0 Å². The number of morpholine rings is 1. The minimum atomic E-state index is 0.670. The first-order valence-corrected chi connectivity index (χ1v) is 10.4. The summed E-state index contributed by atoms with van der Waals surface area (Å²) >= 11 is 0. The number of nitrogens with one attached hydrogen (secondary N) is 2. The molecule has 0 unspecified atom stereocenters. The van der Waals surface area contributed by atoms with Crippen molar-refractivity contribution < 1.29 is 14.2 Å². The van der Waals surface area contributed by atoms with Gasteiger partial charge in [-0.2, -0.15) is 0 Å². The number of hydrogen-bond acceptors (Lipinski definition) is 5. The zero-order valence-electron chi connectivity index (χ0n) is 17.9.